The van der Waals surface area contributed by atoms with Gasteiger partial charge in [0, 0.05) is 12.5 Å². The molecule has 28 heavy (non-hydrogen) atoms. The summed E-state index contributed by atoms with van der Waals surface area (Å²) < 4.78 is 35.4. The minimum atomic E-state index is -3.91. The molecule has 0 aliphatic carbocycles. The minimum Gasteiger partial charge on any atom is -0.507 e. The Bertz CT molecular complexity index is 1110. The molecule has 0 bridgehead atoms. The molecule has 0 saturated carbocycles. The minimum absolute atomic E-state index is 0.0680. The highest BCUT2D eigenvalue weighted by Gasteiger charge is 2.16. The third-order valence-electron chi connectivity index (χ3n) is 3.89. The Kier molecular flexibility index (Phi) is 5.82. The van der Waals surface area contributed by atoms with Gasteiger partial charge in [0.25, 0.3) is 0 Å². The van der Waals surface area contributed by atoms with Gasteiger partial charge in [0.05, 0.1) is 12.2 Å². The maximum absolute atomic E-state index is 12.3. The van der Waals surface area contributed by atoms with E-state index in [0.717, 1.165) is 5.56 Å². The quantitative estimate of drug-likeness (QED) is 0.614. The molecule has 142 valence electrons. The van der Waals surface area contributed by atoms with E-state index in [9.17, 15) is 13.5 Å². The van der Waals surface area contributed by atoms with Gasteiger partial charge in [0.2, 0.25) is 0 Å². The molecule has 3 rings (SSSR count). The van der Waals surface area contributed by atoms with Crippen LogP contribution in [0.5, 0.6) is 17.2 Å². The summed E-state index contributed by atoms with van der Waals surface area (Å²) >= 11 is 0. The fraction of sp³-hybridized carbons (Fsp3) is 0.0952. The maximum atomic E-state index is 12.3. The van der Waals surface area contributed by atoms with Gasteiger partial charge in [-0.15, -0.1) is 0 Å². The topological polar surface area (TPSA) is 96.6 Å². The average Bonchev–Trinajstić information content (AvgIpc) is 2.69. The van der Waals surface area contributed by atoms with Crippen LogP contribution in [0.2, 0.25) is 0 Å². The number of nitrogens with zero attached hydrogens (tertiary/aromatic N) is 1. The monoisotopic (exact) mass is 395 g/mol. The molecule has 0 fully saturated rings. The number of hydrogen-bond acceptors (Lipinski definition) is 6. The fourth-order valence-corrected chi connectivity index (χ4v) is 3.44. The molecule has 1 N–H and O–H groups in total. The van der Waals surface area contributed by atoms with Crippen molar-refractivity contribution >= 4 is 10.1 Å². The second kappa shape index (κ2) is 8.46. The van der Waals surface area contributed by atoms with Gasteiger partial charge in [-0.25, -0.2) is 0 Å². The van der Waals surface area contributed by atoms with Gasteiger partial charge < -0.3 is 14.0 Å². The Labute approximate surface area is 163 Å². The third-order valence-corrected chi connectivity index (χ3v) is 5.15. The lowest BCUT2D eigenvalue weighted by atomic mass is 10.1. The van der Waals surface area contributed by atoms with Crippen molar-refractivity contribution in [1.29, 1.82) is 5.26 Å². The number of phenols is 1. The van der Waals surface area contributed by atoms with Crippen LogP contribution in [0.25, 0.3) is 0 Å². The summed E-state index contributed by atoms with van der Waals surface area (Å²) in [6, 6.07) is 21.0. The molecular weight excluding hydrogens is 378 g/mol. The first-order valence-corrected chi connectivity index (χ1v) is 9.83. The van der Waals surface area contributed by atoms with Crippen LogP contribution in [-0.2, 0) is 16.5 Å². The molecule has 0 heterocycles. The molecule has 7 heteroatoms. The molecule has 0 radical (unpaired) electrons. The molecule has 0 aliphatic rings. The van der Waals surface area contributed by atoms with Gasteiger partial charge in [-0.1, -0.05) is 30.3 Å². The highest BCUT2D eigenvalue weighted by atomic mass is 32.2. The Balaban J connectivity index is 1.62. The molecule has 0 atom stereocenters. The number of phenolic OH excluding ortho intramolecular Hbond substituents is 1. The second-order valence-corrected chi connectivity index (χ2v) is 7.43. The van der Waals surface area contributed by atoms with Crippen molar-refractivity contribution < 1.29 is 22.4 Å². The molecular formula is C21H17NO5S. The number of rotatable bonds is 7. The van der Waals surface area contributed by atoms with Crippen molar-refractivity contribution in [3.8, 4) is 23.3 Å². The van der Waals surface area contributed by atoms with E-state index in [1.54, 1.807) is 42.5 Å². The van der Waals surface area contributed by atoms with Gasteiger partial charge in [-0.3, -0.25) is 0 Å². The highest BCUT2D eigenvalue weighted by Crippen LogP contribution is 2.24. The molecule has 0 spiro atoms. The number of ether oxygens (including phenoxy) is 1. The molecule has 6 nitrogen and oxygen atoms in total. The molecule has 0 aliphatic heterocycles. The van der Waals surface area contributed by atoms with E-state index < -0.39 is 10.1 Å². The van der Waals surface area contributed by atoms with Crippen molar-refractivity contribution in [2.75, 3.05) is 6.61 Å². The van der Waals surface area contributed by atoms with Crippen LogP contribution in [0.3, 0.4) is 0 Å². The van der Waals surface area contributed by atoms with Crippen molar-refractivity contribution in [2.24, 2.45) is 0 Å². The van der Waals surface area contributed by atoms with Crippen LogP contribution in [0.1, 0.15) is 11.1 Å². The lowest BCUT2D eigenvalue weighted by Crippen LogP contribution is -2.09. The highest BCUT2D eigenvalue weighted by molar-refractivity contribution is 7.87. The zero-order valence-corrected chi connectivity index (χ0v) is 15.6. The Hall–Kier alpha value is -3.50. The average molecular weight is 395 g/mol. The van der Waals surface area contributed by atoms with E-state index in [4.69, 9.17) is 14.2 Å². The summed E-state index contributed by atoms with van der Waals surface area (Å²) in [7, 11) is -3.91. The van der Waals surface area contributed by atoms with Crippen LogP contribution in [0, 0.1) is 11.3 Å². The van der Waals surface area contributed by atoms with Crippen molar-refractivity contribution in [3.63, 3.8) is 0 Å². The Morgan fingerprint density at radius 1 is 0.929 bits per heavy atom. The molecule has 0 aromatic heterocycles. The van der Waals surface area contributed by atoms with E-state index >= 15 is 0 Å². The maximum Gasteiger partial charge on any atom is 0.339 e. The summed E-state index contributed by atoms with van der Waals surface area (Å²) in [5.74, 6) is 0.539. The summed E-state index contributed by atoms with van der Waals surface area (Å²) in [6.07, 6.45) is 0.507. The molecule has 3 aromatic carbocycles. The normalized spacial score (nSPS) is 10.8. The molecule has 0 unspecified atom stereocenters. The van der Waals surface area contributed by atoms with E-state index in [1.807, 2.05) is 6.07 Å². The van der Waals surface area contributed by atoms with Crippen LogP contribution >= 0.6 is 0 Å². The molecule has 0 saturated heterocycles. The lowest BCUT2D eigenvalue weighted by molar-refractivity contribution is 0.320. The SMILES string of the molecule is N#Cc1ccc(CCOc2cccc(OS(=O)(=O)c3ccccc3)c2)cc1O. The number of nitriles is 1. The zero-order chi connectivity index (χ0) is 20.0. The largest absolute Gasteiger partial charge is 0.507 e. The van der Waals surface area contributed by atoms with Crippen LogP contribution < -0.4 is 8.92 Å². The summed E-state index contributed by atoms with van der Waals surface area (Å²) in [4.78, 5) is 0.0712. The standard InChI is InChI=1S/C21H17NO5S/c22-15-17-10-9-16(13-21(17)23)11-12-26-18-5-4-6-19(14-18)27-28(24,25)20-7-2-1-3-8-20/h1-10,13-14,23H,11-12H2. The Morgan fingerprint density at radius 3 is 2.39 bits per heavy atom. The van der Waals surface area contributed by atoms with E-state index in [-0.39, 0.29) is 22.0 Å². The van der Waals surface area contributed by atoms with Crippen LogP contribution in [-0.4, -0.2) is 20.1 Å². The summed E-state index contributed by atoms with van der Waals surface area (Å²) in [5, 5.41) is 18.5. The van der Waals surface area contributed by atoms with E-state index in [1.165, 1.54) is 30.3 Å². The van der Waals surface area contributed by atoms with E-state index in [0.29, 0.717) is 18.8 Å². The van der Waals surface area contributed by atoms with Gasteiger partial charge in [-0.2, -0.15) is 13.7 Å². The van der Waals surface area contributed by atoms with Crippen LogP contribution in [0.4, 0.5) is 0 Å². The predicted octanol–water partition coefficient (Wildman–Crippen LogP) is 3.65. The molecule has 3 aromatic rings. The molecule has 0 amide bonds. The lowest BCUT2D eigenvalue weighted by Gasteiger charge is -2.10. The van der Waals surface area contributed by atoms with Gasteiger partial charge in [0.1, 0.15) is 28.2 Å². The van der Waals surface area contributed by atoms with Crippen molar-refractivity contribution in [3.05, 3.63) is 83.9 Å². The van der Waals surface area contributed by atoms with Crippen molar-refractivity contribution in [2.45, 2.75) is 11.3 Å². The first kappa shape index (κ1) is 19.3. The van der Waals surface area contributed by atoms with Crippen molar-refractivity contribution in [1.82, 2.24) is 0 Å². The van der Waals surface area contributed by atoms with Gasteiger partial charge in [0.15, 0.2) is 0 Å². The number of aromatic hydroxyl groups is 1. The van der Waals surface area contributed by atoms with Gasteiger partial charge >= 0.3 is 10.1 Å². The van der Waals surface area contributed by atoms with Gasteiger partial charge in [-0.05, 0) is 42.0 Å². The number of hydrogen-bond donors (Lipinski definition) is 1. The Morgan fingerprint density at radius 2 is 1.68 bits per heavy atom. The smallest absolute Gasteiger partial charge is 0.339 e. The first-order valence-electron chi connectivity index (χ1n) is 8.42. The second-order valence-electron chi connectivity index (χ2n) is 5.89. The fourth-order valence-electron chi connectivity index (χ4n) is 2.49. The van der Waals surface area contributed by atoms with E-state index in [2.05, 4.69) is 0 Å². The summed E-state index contributed by atoms with van der Waals surface area (Å²) in [6.45, 7) is 0.306. The number of benzene rings is 3. The summed E-state index contributed by atoms with van der Waals surface area (Å²) in [5.41, 5.74) is 1.03. The third kappa shape index (κ3) is 4.81. The predicted molar refractivity (Wildman–Crippen MR) is 103 cm³/mol. The zero-order valence-electron chi connectivity index (χ0n) is 14.8. The van der Waals surface area contributed by atoms with Crippen LogP contribution in [0.15, 0.2) is 77.7 Å². The first-order chi connectivity index (χ1) is 13.5.